The van der Waals surface area contributed by atoms with Crippen LogP contribution in [0.15, 0.2) is 34.9 Å². The molecule has 0 spiro atoms. The first-order chi connectivity index (χ1) is 6.82. The molecule has 1 aliphatic carbocycles. The molecule has 0 aliphatic heterocycles. The first kappa shape index (κ1) is 11.6. The summed E-state index contributed by atoms with van der Waals surface area (Å²) in [5, 5.41) is 8.93. The van der Waals surface area contributed by atoms with Gasteiger partial charge in [0.15, 0.2) is 6.04 Å². The zero-order valence-electron chi connectivity index (χ0n) is 7.08. The SMILES string of the molecule is O=[N+]([O-])[C-]1C=CC(=C(Cl)C(F)(F)F)C=C1. The number of alkyl halides is 3. The molecule has 0 aromatic rings. The molecule has 0 unspecified atom stereocenters. The number of halogens is 4. The molecule has 0 radical (unpaired) electrons. The summed E-state index contributed by atoms with van der Waals surface area (Å²) >= 11 is 5.04. The third kappa shape index (κ3) is 2.76. The van der Waals surface area contributed by atoms with Crippen LogP contribution >= 0.6 is 11.6 Å². The maximum Gasteiger partial charge on any atom is 0.425 e. The van der Waals surface area contributed by atoms with E-state index in [0.29, 0.717) is 0 Å². The molecule has 0 amide bonds. The Hall–Kier alpha value is -1.43. The molecular weight excluding hydrogens is 235 g/mol. The smallest absolute Gasteiger partial charge is 0.270 e. The molecule has 7 heteroatoms. The Labute approximate surface area is 87.7 Å². The lowest BCUT2D eigenvalue weighted by atomic mass is 10.1. The van der Waals surface area contributed by atoms with Gasteiger partial charge in [0.2, 0.25) is 0 Å². The highest BCUT2D eigenvalue weighted by molar-refractivity contribution is 6.31. The molecule has 0 aromatic heterocycles. The van der Waals surface area contributed by atoms with Crippen LogP contribution in [0.25, 0.3) is 0 Å². The Morgan fingerprint density at radius 2 is 1.87 bits per heavy atom. The number of nitro groups is 1. The topological polar surface area (TPSA) is 43.1 Å². The van der Waals surface area contributed by atoms with Gasteiger partial charge in [0.1, 0.15) is 5.03 Å². The van der Waals surface area contributed by atoms with Gasteiger partial charge < -0.3 is 0 Å². The van der Waals surface area contributed by atoms with Gasteiger partial charge in [-0.05, 0) is 0 Å². The fourth-order valence-electron chi connectivity index (χ4n) is 0.893. The Bertz CT molecular complexity index is 355. The molecule has 3 nitrogen and oxygen atoms in total. The second-order valence-corrected chi connectivity index (χ2v) is 2.99. The van der Waals surface area contributed by atoms with Gasteiger partial charge in [0.05, 0.1) is 0 Å². The summed E-state index contributed by atoms with van der Waals surface area (Å²) in [6, 6.07) is -0.287. The Kier molecular flexibility index (Phi) is 3.09. The van der Waals surface area contributed by atoms with Crippen molar-refractivity contribution in [3.8, 4) is 0 Å². The average molecular weight is 239 g/mol. The maximum absolute atomic E-state index is 12.1. The number of hydrogen-bond acceptors (Lipinski definition) is 2. The van der Waals surface area contributed by atoms with Crippen LogP contribution in [0.2, 0.25) is 0 Å². The van der Waals surface area contributed by atoms with Gasteiger partial charge in [-0.3, -0.25) is 10.1 Å². The van der Waals surface area contributed by atoms with Gasteiger partial charge in [-0.2, -0.15) is 25.3 Å². The van der Waals surface area contributed by atoms with Crippen LogP contribution in [0.1, 0.15) is 0 Å². The molecule has 0 fully saturated rings. The number of hydrogen-bond donors (Lipinski definition) is 0. The lowest BCUT2D eigenvalue weighted by Crippen LogP contribution is -2.11. The van der Waals surface area contributed by atoms with Crippen molar-refractivity contribution in [3.63, 3.8) is 0 Å². The van der Waals surface area contributed by atoms with Crippen LogP contribution in [0.4, 0.5) is 13.2 Å². The first-order valence-corrected chi connectivity index (χ1v) is 4.04. The van der Waals surface area contributed by atoms with Crippen molar-refractivity contribution in [1.82, 2.24) is 0 Å². The fourth-order valence-corrected chi connectivity index (χ4v) is 1.02. The average Bonchev–Trinajstić information content (AvgIpc) is 2.15. The third-order valence-electron chi connectivity index (χ3n) is 1.58. The van der Waals surface area contributed by atoms with Gasteiger partial charge in [-0.15, -0.1) is 5.57 Å². The van der Waals surface area contributed by atoms with E-state index in [9.17, 15) is 23.3 Å². The normalized spacial score (nSPS) is 15.7. The van der Waals surface area contributed by atoms with E-state index in [1.807, 2.05) is 0 Å². The van der Waals surface area contributed by atoms with Crippen LogP contribution in [-0.2, 0) is 0 Å². The molecule has 1 rings (SSSR count). The quantitative estimate of drug-likeness (QED) is 0.400. The molecule has 82 valence electrons. The van der Waals surface area contributed by atoms with Crippen molar-refractivity contribution in [2.45, 2.75) is 6.18 Å². The minimum absolute atomic E-state index is 0.287. The van der Waals surface area contributed by atoms with Crippen molar-refractivity contribution < 1.29 is 18.1 Å². The zero-order valence-corrected chi connectivity index (χ0v) is 7.84. The van der Waals surface area contributed by atoms with E-state index in [2.05, 4.69) is 0 Å². The highest BCUT2D eigenvalue weighted by atomic mass is 35.5. The summed E-state index contributed by atoms with van der Waals surface area (Å²) in [5.41, 5.74) is -0.297. The summed E-state index contributed by atoms with van der Waals surface area (Å²) < 4.78 is 36.3. The van der Waals surface area contributed by atoms with Crippen LogP contribution in [0, 0.1) is 16.2 Å². The van der Waals surface area contributed by atoms with E-state index in [0.717, 1.165) is 24.3 Å². The molecule has 0 saturated heterocycles. The largest absolute Gasteiger partial charge is 0.425 e. The molecule has 0 heterocycles. The van der Waals surface area contributed by atoms with Gasteiger partial charge in [-0.1, -0.05) is 23.8 Å². The van der Waals surface area contributed by atoms with Crippen molar-refractivity contribution >= 4 is 11.6 Å². The molecular formula is C8H4ClF3NO2-. The number of rotatable bonds is 1. The van der Waals surface area contributed by atoms with Crippen LogP contribution in [0.3, 0.4) is 0 Å². The predicted octanol–water partition coefficient (Wildman–Crippen LogP) is 2.98. The van der Waals surface area contributed by atoms with E-state index < -0.39 is 16.1 Å². The number of nitrogens with zero attached hydrogens (tertiary/aromatic N) is 1. The maximum atomic E-state index is 12.1. The van der Waals surface area contributed by atoms with Gasteiger partial charge in [-0.25, -0.2) is 0 Å². The van der Waals surface area contributed by atoms with Crippen LogP contribution in [0.5, 0.6) is 0 Å². The summed E-state index contributed by atoms with van der Waals surface area (Å²) in [7, 11) is 0. The van der Waals surface area contributed by atoms with Crippen molar-refractivity contribution in [2.75, 3.05) is 0 Å². The Balaban J connectivity index is 2.94. The standard InChI is InChI=1S/C8H4ClF3NO2/c9-7(8(10,11)12)5-1-3-6(4-2-5)13(14)15/h1-4H/q-1. The predicted molar refractivity (Wildman–Crippen MR) is 47.5 cm³/mol. The molecule has 0 bridgehead atoms. The van der Waals surface area contributed by atoms with Gasteiger partial charge in [0, 0.05) is 4.92 Å². The van der Waals surface area contributed by atoms with Crippen molar-refractivity contribution in [3.05, 3.63) is 51.1 Å². The highest BCUT2D eigenvalue weighted by Gasteiger charge is 2.32. The van der Waals surface area contributed by atoms with E-state index in [-0.39, 0.29) is 11.6 Å². The second-order valence-electron chi connectivity index (χ2n) is 2.62. The molecule has 1 aliphatic rings. The molecule has 0 saturated carbocycles. The van der Waals surface area contributed by atoms with Crippen molar-refractivity contribution in [2.24, 2.45) is 0 Å². The molecule has 0 N–H and O–H groups in total. The minimum Gasteiger partial charge on any atom is -0.270 e. The molecule has 15 heavy (non-hydrogen) atoms. The van der Waals surface area contributed by atoms with Crippen LogP contribution < -0.4 is 0 Å². The van der Waals surface area contributed by atoms with E-state index in [1.165, 1.54) is 0 Å². The summed E-state index contributed by atoms with van der Waals surface area (Å²) in [6.07, 6.45) is -0.813. The summed E-state index contributed by atoms with van der Waals surface area (Å²) in [4.78, 5) is 9.52. The van der Waals surface area contributed by atoms with Crippen molar-refractivity contribution in [1.29, 1.82) is 0 Å². The Morgan fingerprint density at radius 1 is 1.40 bits per heavy atom. The fraction of sp³-hybridized carbons (Fsp3) is 0.125. The highest BCUT2D eigenvalue weighted by Crippen LogP contribution is 2.33. The molecule has 0 atom stereocenters. The van der Waals surface area contributed by atoms with E-state index in [4.69, 9.17) is 11.6 Å². The number of allylic oxidation sites excluding steroid dienone is 4. The lowest BCUT2D eigenvalue weighted by Gasteiger charge is -2.15. The van der Waals surface area contributed by atoms with Gasteiger partial charge >= 0.3 is 6.18 Å². The summed E-state index contributed by atoms with van der Waals surface area (Å²) in [5.74, 6) is 0. The lowest BCUT2D eigenvalue weighted by molar-refractivity contribution is -0.448. The Morgan fingerprint density at radius 3 is 2.20 bits per heavy atom. The first-order valence-electron chi connectivity index (χ1n) is 3.67. The van der Waals surface area contributed by atoms with Crippen LogP contribution in [-0.4, -0.2) is 11.1 Å². The van der Waals surface area contributed by atoms with E-state index in [1.54, 1.807) is 0 Å². The monoisotopic (exact) mass is 238 g/mol. The molecule has 0 aromatic carbocycles. The third-order valence-corrected chi connectivity index (χ3v) is 2.01. The summed E-state index contributed by atoms with van der Waals surface area (Å²) in [6.45, 7) is 0. The zero-order chi connectivity index (χ0) is 11.6. The van der Waals surface area contributed by atoms with E-state index >= 15 is 0 Å². The second kappa shape index (κ2) is 3.98. The van der Waals surface area contributed by atoms with Gasteiger partial charge in [0.25, 0.3) is 0 Å². The minimum atomic E-state index is -4.64.